The first-order valence-electron chi connectivity index (χ1n) is 3.30. The first-order valence-corrected chi connectivity index (χ1v) is 3.30. The summed E-state index contributed by atoms with van der Waals surface area (Å²) in [6.07, 6.45) is 4.94. The average molecular weight is 138 g/mol. The van der Waals surface area contributed by atoms with E-state index in [0.717, 1.165) is 17.8 Å². The summed E-state index contributed by atoms with van der Waals surface area (Å²) in [5.41, 5.74) is 1.66. The zero-order valence-corrected chi connectivity index (χ0v) is 6.16. The molecule has 0 spiro atoms. The Morgan fingerprint density at radius 2 is 2.30 bits per heavy atom. The molecule has 54 valence electrons. The maximum Gasteiger partial charge on any atom is 0.130 e. The highest BCUT2D eigenvalue weighted by atomic mass is 16.6. The second-order valence-electron chi connectivity index (χ2n) is 2.05. The molecule has 3 heteroatoms. The molecule has 1 aromatic heterocycles. The normalized spacial score (nSPS) is 11.0. The van der Waals surface area contributed by atoms with Gasteiger partial charge in [-0.3, -0.25) is 0 Å². The Morgan fingerprint density at radius 3 is 2.80 bits per heavy atom. The largest absolute Gasteiger partial charge is 0.244 e. The van der Waals surface area contributed by atoms with Gasteiger partial charge in [0.25, 0.3) is 0 Å². The molecule has 0 saturated carbocycles. The van der Waals surface area contributed by atoms with Crippen LogP contribution in [0.25, 0.3) is 6.08 Å². The Kier molecular flexibility index (Phi) is 2.20. The van der Waals surface area contributed by atoms with Crippen molar-refractivity contribution in [3.63, 3.8) is 0 Å². The number of aromatic nitrogens is 2. The lowest BCUT2D eigenvalue weighted by Crippen LogP contribution is -1.74. The van der Waals surface area contributed by atoms with Gasteiger partial charge in [-0.25, -0.2) is 4.63 Å². The molecule has 0 aliphatic heterocycles. The fraction of sp³-hybridized carbons (Fsp3) is 0.429. The van der Waals surface area contributed by atoms with E-state index in [2.05, 4.69) is 21.9 Å². The van der Waals surface area contributed by atoms with Crippen LogP contribution in [0.4, 0.5) is 0 Å². The minimum Gasteiger partial charge on any atom is -0.244 e. The van der Waals surface area contributed by atoms with Gasteiger partial charge >= 0.3 is 0 Å². The number of allylic oxidation sites excluding steroid dienone is 1. The van der Waals surface area contributed by atoms with Crippen LogP contribution in [-0.4, -0.2) is 10.3 Å². The summed E-state index contributed by atoms with van der Waals surface area (Å²) in [7, 11) is 0. The van der Waals surface area contributed by atoms with E-state index in [-0.39, 0.29) is 0 Å². The van der Waals surface area contributed by atoms with Crippen LogP contribution in [0.15, 0.2) is 10.7 Å². The van der Waals surface area contributed by atoms with Gasteiger partial charge in [-0.05, 0) is 19.4 Å². The van der Waals surface area contributed by atoms with Gasteiger partial charge in [0, 0.05) is 0 Å². The summed E-state index contributed by atoms with van der Waals surface area (Å²) in [5.74, 6) is 0. The quantitative estimate of drug-likeness (QED) is 0.625. The van der Waals surface area contributed by atoms with Crippen molar-refractivity contribution in [2.75, 3.05) is 0 Å². The zero-order chi connectivity index (χ0) is 7.40. The van der Waals surface area contributed by atoms with E-state index in [1.54, 1.807) is 0 Å². The molecule has 1 heterocycles. The predicted octanol–water partition coefficient (Wildman–Crippen LogP) is 1.80. The number of aryl methyl sites for hydroxylation is 1. The van der Waals surface area contributed by atoms with Gasteiger partial charge < -0.3 is 0 Å². The molecule has 0 aromatic carbocycles. The molecule has 0 aliphatic rings. The molecule has 0 unspecified atom stereocenters. The Labute approximate surface area is 59.7 Å². The van der Waals surface area contributed by atoms with Crippen LogP contribution >= 0.6 is 0 Å². The SMILES string of the molecule is CC/C=C\c1nonc1C. The molecule has 0 N–H and O–H groups in total. The highest BCUT2D eigenvalue weighted by Gasteiger charge is 1.97. The zero-order valence-electron chi connectivity index (χ0n) is 6.16. The van der Waals surface area contributed by atoms with Crippen LogP contribution in [0, 0.1) is 6.92 Å². The molecule has 0 fully saturated rings. The third-order valence-corrected chi connectivity index (χ3v) is 1.20. The minimum absolute atomic E-state index is 0.821. The molecule has 10 heavy (non-hydrogen) atoms. The van der Waals surface area contributed by atoms with Crippen molar-refractivity contribution in [1.29, 1.82) is 0 Å². The number of rotatable bonds is 2. The van der Waals surface area contributed by atoms with Gasteiger partial charge in [-0.15, -0.1) is 0 Å². The first kappa shape index (κ1) is 6.99. The Bertz CT molecular complexity index is 227. The Morgan fingerprint density at radius 1 is 1.50 bits per heavy atom. The Balaban J connectivity index is 2.74. The highest BCUT2D eigenvalue weighted by Crippen LogP contribution is 2.02. The second-order valence-corrected chi connectivity index (χ2v) is 2.05. The first-order chi connectivity index (χ1) is 4.84. The van der Waals surface area contributed by atoms with E-state index in [4.69, 9.17) is 0 Å². The predicted molar refractivity (Wildman–Crippen MR) is 38.4 cm³/mol. The fourth-order valence-electron chi connectivity index (χ4n) is 0.619. The minimum atomic E-state index is 0.821. The lowest BCUT2D eigenvalue weighted by Gasteiger charge is -1.79. The summed E-state index contributed by atoms with van der Waals surface area (Å²) in [5, 5.41) is 7.31. The van der Waals surface area contributed by atoms with Crippen LogP contribution in [0.3, 0.4) is 0 Å². The molecule has 0 atom stereocenters. The van der Waals surface area contributed by atoms with Crippen molar-refractivity contribution in [2.24, 2.45) is 0 Å². The second kappa shape index (κ2) is 3.15. The van der Waals surface area contributed by atoms with Crippen LogP contribution in [0.2, 0.25) is 0 Å². The monoisotopic (exact) mass is 138 g/mol. The molecule has 0 bridgehead atoms. The van der Waals surface area contributed by atoms with E-state index >= 15 is 0 Å². The molecule has 0 saturated heterocycles. The molecule has 0 amide bonds. The number of hydrogen-bond donors (Lipinski definition) is 0. The van der Waals surface area contributed by atoms with Crippen molar-refractivity contribution in [1.82, 2.24) is 10.3 Å². The lowest BCUT2D eigenvalue weighted by atomic mass is 10.3. The Hall–Kier alpha value is -1.12. The summed E-state index contributed by atoms with van der Waals surface area (Å²) < 4.78 is 4.49. The molecule has 1 rings (SSSR count). The fourth-order valence-corrected chi connectivity index (χ4v) is 0.619. The van der Waals surface area contributed by atoms with E-state index in [1.807, 2.05) is 19.1 Å². The maximum atomic E-state index is 4.49. The van der Waals surface area contributed by atoms with Crippen LogP contribution < -0.4 is 0 Å². The van der Waals surface area contributed by atoms with Gasteiger partial charge in [0.1, 0.15) is 11.4 Å². The summed E-state index contributed by atoms with van der Waals surface area (Å²) >= 11 is 0. The van der Waals surface area contributed by atoms with Gasteiger partial charge in [0.2, 0.25) is 0 Å². The van der Waals surface area contributed by atoms with Crippen LogP contribution in [0.1, 0.15) is 24.7 Å². The summed E-state index contributed by atoms with van der Waals surface area (Å²) in [6, 6.07) is 0. The average Bonchev–Trinajstić information content (AvgIpc) is 2.31. The van der Waals surface area contributed by atoms with Gasteiger partial charge in [0.15, 0.2) is 0 Å². The number of hydrogen-bond acceptors (Lipinski definition) is 3. The third kappa shape index (κ3) is 1.43. The van der Waals surface area contributed by atoms with Gasteiger partial charge in [0.05, 0.1) is 0 Å². The van der Waals surface area contributed by atoms with Crippen molar-refractivity contribution in [2.45, 2.75) is 20.3 Å². The topological polar surface area (TPSA) is 38.9 Å². The van der Waals surface area contributed by atoms with Crippen molar-refractivity contribution < 1.29 is 4.63 Å². The molecular formula is C7H10N2O. The molecular weight excluding hydrogens is 128 g/mol. The van der Waals surface area contributed by atoms with E-state index in [1.165, 1.54) is 0 Å². The van der Waals surface area contributed by atoms with Crippen LogP contribution in [0.5, 0.6) is 0 Å². The van der Waals surface area contributed by atoms with Crippen LogP contribution in [-0.2, 0) is 0 Å². The van der Waals surface area contributed by atoms with Crippen molar-refractivity contribution in [3.05, 3.63) is 17.5 Å². The van der Waals surface area contributed by atoms with E-state index in [9.17, 15) is 0 Å². The molecule has 0 aliphatic carbocycles. The molecule has 1 aromatic rings. The standard InChI is InChI=1S/C7H10N2O/c1-3-4-5-7-6(2)8-10-9-7/h4-5H,3H2,1-2H3/b5-4-. The lowest BCUT2D eigenvalue weighted by molar-refractivity contribution is 0.304. The molecule has 3 nitrogen and oxygen atoms in total. The molecule has 0 radical (unpaired) electrons. The van der Waals surface area contributed by atoms with Crippen molar-refractivity contribution in [3.8, 4) is 0 Å². The number of nitrogens with zero attached hydrogens (tertiary/aromatic N) is 2. The third-order valence-electron chi connectivity index (χ3n) is 1.20. The van der Waals surface area contributed by atoms with Gasteiger partial charge in [-0.2, -0.15) is 0 Å². The van der Waals surface area contributed by atoms with Crippen molar-refractivity contribution >= 4 is 6.08 Å². The summed E-state index contributed by atoms with van der Waals surface area (Å²) in [4.78, 5) is 0. The maximum absolute atomic E-state index is 4.49. The van der Waals surface area contributed by atoms with E-state index < -0.39 is 0 Å². The highest BCUT2D eigenvalue weighted by molar-refractivity contribution is 5.45. The van der Waals surface area contributed by atoms with E-state index in [0.29, 0.717) is 0 Å². The smallest absolute Gasteiger partial charge is 0.130 e. The summed E-state index contributed by atoms with van der Waals surface area (Å²) in [6.45, 7) is 3.94. The van der Waals surface area contributed by atoms with Gasteiger partial charge in [-0.1, -0.05) is 23.3 Å².